The molecule has 2 rings (SSSR count). The van der Waals surface area contributed by atoms with Crippen LogP contribution in [-0.4, -0.2) is 12.0 Å². The second kappa shape index (κ2) is 4.33. The molecule has 0 saturated carbocycles. The van der Waals surface area contributed by atoms with Gasteiger partial charge in [-0.25, -0.2) is 9.37 Å². The van der Waals surface area contributed by atoms with E-state index in [9.17, 15) is 4.39 Å². The molecule has 1 aromatic heterocycles. The van der Waals surface area contributed by atoms with E-state index in [-0.39, 0.29) is 5.82 Å². The molecule has 0 aliphatic carbocycles. The molecule has 17 heavy (non-hydrogen) atoms. The predicted octanol–water partition coefficient (Wildman–Crippen LogP) is 3.25. The van der Waals surface area contributed by atoms with E-state index in [4.69, 9.17) is 5.73 Å². The van der Waals surface area contributed by atoms with E-state index < -0.39 is 0 Å². The molecule has 0 bridgehead atoms. The maximum atomic E-state index is 13.7. The smallest absolute Gasteiger partial charge is 0.190 e. The number of benzene rings is 1. The van der Waals surface area contributed by atoms with Crippen LogP contribution in [0.15, 0.2) is 18.2 Å². The van der Waals surface area contributed by atoms with Gasteiger partial charge in [-0.1, -0.05) is 0 Å². The van der Waals surface area contributed by atoms with Crippen LogP contribution in [0.5, 0.6) is 0 Å². The van der Waals surface area contributed by atoms with Gasteiger partial charge in [0.15, 0.2) is 5.13 Å². The average Bonchev–Trinajstić information content (AvgIpc) is 2.62. The van der Waals surface area contributed by atoms with Crippen LogP contribution >= 0.6 is 11.3 Å². The van der Waals surface area contributed by atoms with Crippen molar-refractivity contribution in [1.82, 2.24) is 4.98 Å². The van der Waals surface area contributed by atoms with Crippen molar-refractivity contribution < 1.29 is 4.39 Å². The number of thiazole rings is 1. The monoisotopic (exact) mass is 251 g/mol. The summed E-state index contributed by atoms with van der Waals surface area (Å²) in [6, 6.07) is 4.53. The number of hydrogen-bond donors (Lipinski definition) is 1. The number of nitrogen functional groups attached to an aromatic ring is 1. The lowest BCUT2D eigenvalue weighted by Crippen LogP contribution is -2.11. The highest BCUT2D eigenvalue weighted by Gasteiger charge is 2.14. The Morgan fingerprint density at radius 2 is 2.06 bits per heavy atom. The number of aromatic nitrogens is 1. The molecule has 0 saturated heterocycles. The fourth-order valence-electron chi connectivity index (χ4n) is 1.49. The Morgan fingerprint density at radius 3 is 2.65 bits per heavy atom. The number of aryl methyl sites for hydroxylation is 2. The Kier molecular flexibility index (Phi) is 3.02. The largest absolute Gasteiger partial charge is 0.399 e. The van der Waals surface area contributed by atoms with Crippen molar-refractivity contribution in [3.63, 3.8) is 0 Å². The van der Waals surface area contributed by atoms with E-state index in [1.54, 1.807) is 24.1 Å². The molecule has 3 nitrogen and oxygen atoms in total. The molecule has 0 spiro atoms. The summed E-state index contributed by atoms with van der Waals surface area (Å²) in [7, 11) is 1.79. The fourth-order valence-corrected chi connectivity index (χ4v) is 2.37. The van der Waals surface area contributed by atoms with Crippen LogP contribution < -0.4 is 10.6 Å². The van der Waals surface area contributed by atoms with Crippen LogP contribution in [-0.2, 0) is 0 Å². The first-order chi connectivity index (χ1) is 7.99. The van der Waals surface area contributed by atoms with Crippen LogP contribution in [0.1, 0.15) is 10.6 Å². The lowest BCUT2D eigenvalue weighted by atomic mass is 10.2. The van der Waals surface area contributed by atoms with Gasteiger partial charge in [-0.2, -0.15) is 0 Å². The number of nitrogens with two attached hydrogens (primary N) is 1. The molecule has 0 unspecified atom stereocenters. The molecule has 2 N–H and O–H groups in total. The van der Waals surface area contributed by atoms with E-state index in [0.717, 1.165) is 15.7 Å². The van der Waals surface area contributed by atoms with Crippen LogP contribution in [0.2, 0.25) is 0 Å². The van der Waals surface area contributed by atoms with Crippen molar-refractivity contribution in [3.05, 3.63) is 34.6 Å². The van der Waals surface area contributed by atoms with Crippen LogP contribution in [0.25, 0.3) is 0 Å². The molecule has 1 aromatic carbocycles. The average molecular weight is 251 g/mol. The molecule has 0 radical (unpaired) electrons. The van der Waals surface area contributed by atoms with E-state index in [1.165, 1.54) is 17.4 Å². The summed E-state index contributed by atoms with van der Waals surface area (Å²) in [6.07, 6.45) is 0. The van der Waals surface area contributed by atoms with Gasteiger partial charge in [-0.05, 0) is 32.0 Å². The SMILES string of the molecule is Cc1nc(N(C)c2cc(N)ccc2F)sc1C. The van der Waals surface area contributed by atoms with Gasteiger partial charge >= 0.3 is 0 Å². The van der Waals surface area contributed by atoms with E-state index in [1.807, 2.05) is 13.8 Å². The summed E-state index contributed by atoms with van der Waals surface area (Å²) < 4.78 is 13.7. The highest BCUT2D eigenvalue weighted by Crippen LogP contribution is 2.32. The number of anilines is 3. The molecular formula is C12H14FN3S. The summed E-state index contributed by atoms with van der Waals surface area (Å²) >= 11 is 1.54. The fraction of sp³-hybridized carbons (Fsp3) is 0.250. The highest BCUT2D eigenvalue weighted by molar-refractivity contribution is 7.15. The van der Waals surface area contributed by atoms with Crippen molar-refractivity contribution in [2.75, 3.05) is 17.7 Å². The minimum Gasteiger partial charge on any atom is -0.399 e. The minimum atomic E-state index is -0.299. The van der Waals surface area contributed by atoms with Gasteiger partial charge in [0.1, 0.15) is 5.82 Å². The highest BCUT2D eigenvalue weighted by atomic mass is 32.1. The minimum absolute atomic E-state index is 0.299. The first kappa shape index (κ1) is 11.9. The Morgan fingerprint density at radius 1 is 1.35 bits per heavy atom. The second-order valence-corrected chi connectivity index (χ2v) is 5.09. The van der Waals surface area contributed by atoms with E-state index in [2.05, 4.69) is 4.98 Å². The van der Waals surface area contributed by atoms with Gasteiger partial charge in [0, 0.05) is 17.6 Å². The molecular weight excluding hydrogens is 237 g/mol. The summed E-state index contributed by atoms with van der Waals surface area (Å²) in [4.78, 5) is 7.25. The second-order valence-electron chi connectivity index (χ2n) is 3.91. The molecule has 1 heterocycles. The number of rotatable bonds is 2. The maximum Gasteiger partial charge on any atom is 0.190 e. The van der Waals surface area contributed by atoms with Gasteiger partial charge < -0.3 is 10.6 Å². The number of halogens is 1. The van der Waals surface area contributed by atoms with Crippen molar-refractivity contribution in [2.45, 2.75) is 13.8 Å². The Balaban J connectivity index is 2.42. The third-order valence-corrected chi connectivity index (χ3v) is 3.79. The zero-order valence-electron chi connectivity index (χ0n) is 9.99. The summed E-state index contributed by atoms with van der Waals surface area (Å²) in [5.41, 5.74) is 7.62. The van der Waals surface area contributed by atoms with Gasteiger partial charge in [-0.15, -0.1) is 11.3 Å². The van der Waals surface area contributed by atoms with Crippen molar-refractivity contribution in [1.29, 1.82) is 0 Å². The number of nitrogens with zero attached hydrogens (tertiary/aromatic N) is 2. The summed E-state index contributed by atoms with van der Waals surface area (Å²) in [5, 5.41) is 0.768. The first-order valence-electron chi connectivity index (χ1n) is 5.22. The molecule has 2 aromatic rings. The van der Waals surface area contributed by atoms with E-state index >= 15 is 0 Å². The lowest BCUT2D eigenvalue weighted by Gasteiger charge is -2.17. The lowest BCUT2D eigenvalue weighted by molar-refractivity contribution is 0.628. The van der Waals surface area contributed by atoms with Crippen LogP contribution in [0.4, 0.5) is 20.9 Å². The molecule has 0 amide bonds. The molecule has 0 atom stereocenters. The first-order valence-corrected chi connectivity index (χ1v) is 6.03. The standard InChI is InChI=1S/C12H14FN3S/c1-7-8(2)17-12(15-7)16(3)11-6-9(14)4-5-10(11)13/h4-6H,14H2,1-3H3. The summed E-state index contributed by atoms with van der Waals surface area (Å²) in [5.74, 6) is -0.299. The zero-order valence-corrected chi connectivity index (χ0v) is 10.8. The molecule has 90 valence electrons. The van der Waals surface area contributed by atoms with Gasteiger partial charge in [0.05, 0.1) is 11.4 Å². The summed E-state index contributed by atoms with van der Waals surface area (Å²) in [6.45, 7) is 3.94. The van der Waals surface area contributed by atoms with Gasteiger partial charge in [-0.3, -0.25) is 0 Å². The molecule has 0 aliphatic heterocycles. The topological polar surface area (TPSA) is 42.2 Å². The van der Waals surface area contributed by atoms with Crippen molar-refractivity contribution >= 4 is 27.8 Å². The van der Waals surface area contributed by atoms with E-state index in [0.29, 0.717) is 11.4 Å². The number of hydrogen-bond acceptors (Lipinski definition) is 4. The Bertz CT molecular complexity index is 531. The molecule has 5 heteroatoms. The molecule has 0 aliphatic rings. The normalized spacial score (nSPS) is 10.6. The molecule has 0 fully saturated rings. The quantitative estimate of drug-likeness (QED) is 0.833. The van der Waals surface area contributed by atoms with Crippen LogP contribution in [0, 0.1) is 19.7 Å². The van der Waals surface area contributed by atoms with Crippen LogP contribution in [0.3, 0.4) is 0 Å². The van der Waals surface area contributed by atoms with Gasteiger partial charge in [0.25, 0.3) is 0 Å². The Hall–Kier alpha value is -1.62. The third-order valence-electron chi connectivity index (χ3n) is 2.64. The third kappa shape index (κ3) is 2.24. The zero-order chi connectivity index (χ0) is 12.6. The Labute approximate surface area is 104 Å². The van der Waals surface area contributed by atoms with Gasteiger partial charge in [0.2, 0.25) is 0 Å². The van der Waals surface area contributed by atoms with Crippen molar-refractivity contribution in [2.24, 2.45) is 0 Å². The maximum absolute atomic E-state index is 13.7. The van der Waals surface area contributed by atoms with Crippen molar-refractivity contribution in [3.8, 4) is 0 Å². The predicted molar refractivity (Wildman–Crippen MR) is 70.5 cm³/mol.